The molecule has 1 aromatic rings. The van der Waals surface area contributed by atoms with Gasteiger partial charge in [0.05, 0.1) is 0 Å². The second-order valence-corrected chi connectivity index (χ2v) is 5.19. The van der Waals surface area contributed by atoms with E-state index in [1.165, 1.54) is 6.92 Å². The topological polar surface area (TPSA) is 119 Å². The van der Waals surface area contributed by atoms with Crippen LogP contribution >= 0.6 is 0 Å². The Morgan fingerprint density at radius 2 is 1.07 bits per heavy atom. The number of carbonyl (C=O) groups excluding carboxylic acids is 3. The molecule has 0 fully saturated rings. The molecule has 144 valence electrons. The van der Waals surface area contributed by atoms with Crippen LogP contribution in [0, 0.1) is 6.92 Å². The summed E-state index contributed by atoms with van der Waals surface area (Å²) in [6.45, 7) is 10.1. The molecule has 0 unspecified atom stereocenters. The number of esters is 3. The summed E-state index contributed by atoms with van der Waals surface area (Å²) in [5, 5.41) is 21.0. The number of hydrogen-bond acceptors (Lipinski definition) is 8. The highest BCUT2D eigenvalue weighted by molar-refractivity contribution is 5.82. The molecule has 0 bridgehead atoms. The van der Waals surface area contributed by atoms with Gasteiger partial charge in [-0.2, -0.15) is 0 Å². The fourth-order valence-electron chi connectivity index (χ4n) is 2.11. The molecule has 8 heteroatoms. The largest absolute Gasteiger partial charge is 0.507 e. The first kappa shape index (κ1) is 21.5. The molecular weight excluding hydrogens is 356 g/mol. The predicted molar refractivity (Wildman–Crippen MR) is 94.5 cm³/mol. The van der Waals surface area contributed by atoms with Crippen molar-refractivity contribution in [3.05, 3.63) is 60.2 Å². The number of benzene rings is 1. The molecule has 0 aliphatic heterocycles. The van der Waals surface area contributed by atoms with Crippen LogP contribution < -0.4 is 0 Å². The Morgan fingerprint density at radius 3 is 1.44 bits per heavy atom. The summed E-state index contributed by atoms with van der Waals surface area (Å²) in [5.41, 5.74) is 0.338. The standard InChI is InChI=1S/C19H20O8/c1-5-15(20)25-8-12-11(4)18(23)13(9-26-16(21)6-2)14(19(12)24)10-27-17(22)7-3/h5-7,23-24H,1-3,8-10H2,4H3. The summed E-state index contributed by atoms with van der Waals surface area (Å²) >= 11 is 0. The van der Waals surface area contributed by atoms with Crippen molar-refractivity contribution in [3.8, 4) is 11.5 Å². The fourth-order valence-corrected chi connectivity index (χ4v) is 2.11. The van der Waals surface area contributed by atoms with Gasteiger partial charge >= 0.3 is 17.9 Å². The van der Waals surface area contributed by atoms with Crippen LogP contribution in [0.5, 0.6) is 11.5 Å². The van der Waals surface area contributed by atoms with Crippen LogP contribution in [0.15, 0.2) is 38.0 Å². The van der Waals surface area contributed by atoms with Crippen molar-refractivity contribution in [2.24, 2.45) is 0 Å². The third kappa shape index (κ3) is 5.46. The Labute approximate surface area is 156 Å². The molecule has 0 aromatic heterocycles. The number of ether oxygens (including phenoxy) is 3. The summed E-state index contributed by atoms with van der Waals surface area (Å²) < 4.78 is 14.7. The molecule has 0 aliphatic carbocycles. The van der Waals surface area contributed by atoms with Crippen LogP contribution in [-0.4, -0.2) is 28.1 Å². The van der Waals surface area contributed by atoms with E-state index in [2.05, 4.69) is 19.7 Å². The van der Waals surface area contributed by atoms with Gasteiger partial charge in [0.15, 0.2) is 0 Å². The smallest absolute Gasteiger partial charge is 0.330 e. The maximum absolute atomic E-state index is 11.3. The maximum atomic E-state index is 11.3. The molecular formula is C19H20O8. The van der Waals surface area contributed by atoms with Crippen molar-refractivity contribution in [1.82, 2.24) is 0 Å². The maximum Gasteiger partial charge on any atom is 0.330 e. The number of rotatable bonds is 9. The fraction of sp³-hybridized carbons (Fsp3) is 0.211. The highest BCUT2D eigenvalue weighted by Gasteiger charge is 2.23. The zero-order chi connectivity index (χ0) is 20.6. The Hall–Kier alpha value is -3.55. The van der Waals surface area contributed by atoms with Crippen LogP contribution in [0.2, 0.25) is 0 Å². The van der Waals surface area contributed by atoms with Gasteiger partial charge in [-0.15, -0.1) is 0 Å². The van der Waals surface area contributed by atoms with Gasteiger partial charge in [0.1, 0.15) is 31.3 Å². The SMILES string of the molecule is C=CC(=O)OCc1c(C)c(O)c(COC(=O)C=C)c(COC(=O)C=C)c1O. The van der Waals surface area contributed by atoms with Gasteiger partial charge in [0.2, 0.25) is 0 Å². The van der Waals surface area contributed by atoms with E-state index in [1.807, 2.05) is 0 Å². The summed E-state index contributed by atoms with van der Waals surface area (Å²) in [7, 11) is 0. The van der Waals surface area contributed by atoms with Gasteiger partial charge in [-0.1, -0.05) is 19.7 Å². The van der Waals surface area contributed by atoms with Crippen LogP contribution in [-0.2, 0) is 48.4 Å². The summed E-state index contributed by atoms with van der Waals surface area (Å²) in [6.07, 6.45) is 2.81. The van der Waals surface area contributed by atoms with Crippen molar-refractivity contribution in [3.63, 3.8) is 0 Å². The van der Waals surface area contributed by atoms with Crippen LogP contribution in [0.4, 0.5) is 0 Å². The molecule has 1 rings (SSSR count). The van der Waals surface area contributed by atoms with Crippen molar-refractivity contribution in [2.75, 3.05) is 0 Å². The van der Waals surface area contributed by atoms with Crippen molar-refractivity contribution >= 4 is 17.9 Å². The van der Waals surface area contributed by atoms with E-state index in [0.29, 0.717) is 0 Å². The normalized spacial score (nSPS) is 9.81. The predicted octanol–water partition coefficient (Wildman–Crippen LogP) is 2.09. The number of phenolic OH excluding ortho intramolecular Hbond substituents is 2. The Bertz CT molecular complexity index is 792. The van der Waals surface area contributed by atoms with Crippen LogP contribution in [0.3, 0.4) is 0 Å². The second kappa shape index (κ2) is 9.81. The average Bonchev–Trinajstić information content (AvgIpc) is 2.67. The first-order valence-electron chi connectivity index (χ1n) is 7.69. The summed E-state index contributed by atoms with van der Waals surface area (Å²) in [4.78, 5) is 33.9. The number of aromatic hydroxyl groups is 2. The molecule has 0 atom stereocenters. The van der Waals surface area contributed by atoms with E-state index in [4.69, 9.17) is 14.2 Å². The number of carbonyl (C=O) groups is 3. The second-order valence-electron chi connectivity index (χ2n) is 5.19. The highest BCUT2D eigenvalue weighted by Crippen LogP contribution is 2.38. The molecule has 8 nitrogen and oxygen atoms in total. The Balaban J connectivity index is 3.37. The lowest BCUT2D eigenvalue weighted by Crippen LogP contribution is -2.10. The van der Waals surface area contributed by atoms with E-state index >= 15 is 0 Å². The summed E-state index contributed by atoms with van der Waals surface area (Å²) in [5.74, 6) is -2.91. The monoisotopic (exact) mass is 376 g/mol. The minimum atomic E-state index is -0.761. The minimum absolute atomic E-state index is 0.00480. The lowest BCUT2D eigenvalue weighted by molar-refractivity contribution is -0.140. The van der Waals surface area contributed by atoms with Crippen LogP contribution in [0.1, 0.15) is 22.3 Å². The zero-order valence-electron chi connectivity index (χ0n) is 14.8. The molecule has 0 amide bonds. The Morgan fingerprint density at radius 1 is 0.741 bits per heavy atom. The number of phenols is 2. The molecule has 0 spiro atoms. The lowest BCUT2D eigenvalue weighted by Gasteiger charge is -2.19. The molecule has 0 radical (unpaired) electrons. The van der Waals surface area contributed by atoms with Crippen molar-refractivity contribution < 1.29 is 38.8 Å². The van der Waals surface area contributed by atoms with E-state index in [0.717, 1.165) is 18.2 Å². The summed E-state index contributed by atoms with van der Waals surface area (Å²) in [6, 6.07) is 0. The van der Waals surface area contributed by atoms with E-state index in [-0.39, 0.29) is 40.4 Å². The molecule has 1 aromatic carbocycles. The highest BCUT2D eigenvalue weighted by atomic mass is 16.5. The van der Waals surface area contributed by atoms with E-state index in [1.54, 1.807) is 0 Å². The van der Waals surface area contributed by atoms with E-state index < -0.39 is 31.1 Å². The average molecular weight is 376 g/mol. The van der Waals surface area contributed by atoms with Crippen molar-refractivity contribution in [2.45, 2.75) is 26.7 Å². The third-order valence-corrected chi connectivity index (χ3v) is 3.61. The van der Waals surface area contributed by atoms with Gasteiger partial charge < -0.3 is 24.4 Å². The van der Waals surface area contributed by atoms with Gasteiger partial charge in [0.25, 0.3) is 0 Å². The first-order valence-corrected chi connectivity index (χ1v) is 7.69. The molecule has 0 aliphatic rings. The molecule has 0 saturated carbocycles. The third-order valence-electron chi connectivity index (χ3n) is 3.61. The van der Waals surface area contributed by atoms with Crippen molar-refractivity contribution in [1.29, 1.82) is 0 Å². The molecule has 0 heterocycles. The molecule has 27 heavy (non-hydrogen) atoms. The Kier molecular flexibility index (Phi) is 7.81. The first-order chi connectivity index (χ1) is 12.8. The van der Waals surface area contributed by atoms with Gasteiger partial charge in [-0.3, -0.25) is 0 Å². The number of hydrogen-bond donors (Lipinski definition) is 2. The van der Waals surface area contributed by atoms with Gasteiger partial charge in [0, 0.05) is 40.5 Å². The molecule has 0 saturated heterocycles. The van der Waals surface area contributed by atoms with Gasteiger partial charge in [-0.25, -0.2) is 14.4 Å². The quantitative estimate of drug-likeness (QED) is 0.291. The zero-order valence-corrected chi connectivity index (χ0v) is 14.8. The lowest BCUT2D eigenvalue weighted by atomic mass is 9.96. The van der Waals surface area contributed by atoms with E-state index in [9.17, 15) is 24.6 Å². The minimum Gasteiger partial charge on any atom is -0.507 e. The molecule has 2 N–H and O–H groups in total. The van der Waals surface area contributed by atoms with Crippen LogP contribution in [0.25, 0.3) is 0 Å². The van der Waals surface area contributed by atoms with Gasteiger partial charge in [-0.05, 0) is 6.92 Å².